The number of carboxylic acid groups (broad SMARTS) is 1. The Labute approximate surface area is 162 Å². The molecule has 1 unspecified atom stereocenters. The maximum atomic E-state index is 10.7. The number of aryl methyl sites for hydroxylation is 1. The number of carbonyl (C=O) groups is 1. The van der Waals surface area contributed by atoms with Crippen LogP contribution in [0.3, 0.4) is 0 Å². The van der Waals surface area contributed by atoms with E-state index in [-0.39, 0.29) is 12.7 Å². The molecular formula is C20H24BrNO4. The van der Waals surface area contributed by atoms with Crippen molar-refractivity contribution in [2.45, 2.75) is 45.6 Å². The Morgan fingerprint density at radius 3 is 2.73 bits per heavy atom. The lowest BCUT2D eigenvalue weighted by Gasteiger charge is -2.20. The van der Waals surface area contributed by atoms with E-state index in [1.807, 2.05) is 37.3 Å². The highest BCUT2D eigenvalue weighted by Crippen LogP contribution is 2.30. The third-order valence-corrected chi connectivity index (χ3v) is 4.37. The largest absolute Gasteiger partial charge is 0.484 e. The topological polar surface area (TPSA) is 68.7 Å². The van der Waals surface area contributed by atoms with E-state index in [1.165, 1.54) is 0 Å². The van der Waals surface area contributed by atoms with E-state index in [9.17, 15) is 4.79 Å². The van der Waals surface area contributed by atoms with Crippen molar-refractivity contribution >= 4 is 21.9 Å². The number of ether oxygens (including phenoxy) is 2. The molecule has 0 amide bonds. The molecular weight excluding hydrogens is 398 g/mol. The molecule has 1 aromatic heterocycles. The van der Waals surface area contributed by atoms with Gasteiger partial charge >= 0.3 is 5.97 Å². The van der Waals surface area contributed by atoms with Crippen molar-refractivity contribution < 1.29 is 19.4 Å². The zero-order valence-electron chi connectivity index (χ0n) is 15.1. The molecule has 0 aliphatic carbocycles. The van der Waals surface area contributed by atoms with Gasteiger partial charge in [-0.05, 0) is 71.1 Å². The van der Waals surface area contributed by atoms with Crippen LogP contribution in [-0.4, -0.2) is 22.7 Å². The highest BCUT2D eigenvalue weighted by molar-refractivity contribution is 9.10. The molecule has 5 nitrogen and oxygen atoms in total. The van der Waals surface area contributed by atoms with E-state index in [0.717, 1.165) is 47.3 Å². The average Bonchev–Trinajstić information content (AvgIpc) is 2.63. The number of unbranched alkanes of at least 4 members (excludes halogenated alkanes) is 1. The Balaban J connectivity index is 2.20. The third-order valence-electron chi connectivity index (χ3n) is 3.93. The van der Waals surface area contributed by atoms with Gasteiger partial charge in [0, 0.05) is 0 Å². The summed E-state index contributed by atoms with van der Waals surface area (Å²) in [6, 6.07) is 11.3. The van der Waals surface area contributed by atoms with Gasteiger partial charge in [-0.3, -0.25) is 0 Å². The van der Waals surface area contributed by atoms with Gasteiger partial charge in [-0.2, -0.15) is 0 Å². The fourth-order valence-corrected chi connectivity index (χ4v) is 2.97. The van der Waals surface area contributed by atoms with Crippen molar-refractivity contribution in [2.24, 2.45) is 0 Å². The number of aromatic nitrogens is 1. The monoisotopic (exact) mass is 421 g/mol. The summed E-state index contributed by atoms with van der Waals surface area (Å²) in [7, 11) is 0. The van der Waals surface area contributed by atoms with Gasteiger partial charge in [0.15, 0.2) is 6.61 Å². The molecule has 0 saturated carbocycles. The second-order valence-electron chi connectivity index (χ2n) is 5.94. The molecule has 2 aromatic rings. The zero-order valence-corrected chi connectivity index (χ0v) is 16.7. The van der Waals surface area contributed by atoms with Crippen LogP contribution in [0, 0.1) is 0 Å². The summed E-state index contributed by atoms with van der Waals surface area (Å²) in [5.41, 5.74) is 1.80. The Morgan fingerprint density at radius 1 is 1.27 bits per heavy atom. The first-order valence-electron chi connectivity index (χ1n) is 8.80. The molecule has 0 spiro atoms. The highest BCUT2D eigenvalue weighted by Gasteiger charge is 2.16. The van der Waals surface area contributed by atoms with Gasteiger partial charge in [0.05, 0.1) is 5.69 Å². The van der Waals surface area contributed by atoms with Gasteiger partial charge < -0.3 is 14.6 Å². The number of hydrogen-bond acceptors (Lipinski definition) is 4. The Morgan fingerprint density at radius 2 is 2.08 bits per heavy atom. The van der Waals surface area contributed by atoms with E-state index in [0.29, 0.717) is 5.75 Å². The highest BCUT2D eigenvalue weighted by atomic mass is 79.9. The molecule has 26 heavy (non-hydrogen) atoms. The molecule has 0 saturated heterocycles. The second-order valence-corrected chi connectivity index (χ2v) is 6.75. The molecule has 6 heteroatoms. The summed E-state index contributed by atoms with van der Waals surface area (Å²) >= 11 is 3.41. The van der Waals surface area contributed by atoms with Gasteiger partial charge in [-0.15, -0.1) is 0 Å². The smallest absolute Gasteiger partial charge is 0.341 e. The van der Waals surface area contributed by atoms with Gasteiger partial charge in [0.2, 0.25) is 0 Å². The van der Waals surface area contributed by atoms with Crippen molar-refractivity contribution in [2.75, 3.05) is 6.61 Å². The maximum Gasteiger partial charge on any atom is 0.341 e. The fourth-order valence-electron chi connectivity index (χ4n) is 2.61. The SMILES string of the molecule is CCCCC(Oc1ccc(OCC(=O)O)c(CC)c1)c1cccc(Br)n1. The van der Waals surface area contributed by atoms with Crippen molar-refractivity contribution in [1.82, 2.24) is 4.98 Å². The van der Waals surface area contributed by atoms with Gasteiger partial charge in [0.25, 0.3) is 0 Å². The predicted molar refractivity (Wildman–Crippen MR) is 104 cm³/mol. The molecule has 1 N–H and O–H groups in total. The maximum absolute atomic E-state index is 10.7. The van der Waals surface area contributed by atoms with Crippen LogP contribution in [0.2, 0.25) is 0 Å². The van der Waals surface area contributed by atoms with Gasteiger partial charge in [0.1, 0.15) is 22.2 Å². The standard InChI is InChI=1S/C20H24BrNO4/c1-3-5-8-18(16-7-6-9-19(21)22-16)26-15-10-11-17(14(4-2)12-15)25-13-20(23)24/h6-7,9-12,18H,3-5,8,13H2,1-2H3,(H,23,24). The van der Waals surface area contributed by atoms with E-state index >= 15 is 0 Å². The van der Waals surface area contributed by atoms with Crippen molar-refractivity contribution in [3.63, 3.8) is 0 Å². The van der Waals surface area contributed by atoms with Crippen LogP contribution in [0.1, 0.15) is 50.5 Å². The summed E-state index contributed by atoms with van der Waals surface area (Å²) < 4.78 is 12.4. The molecule has 0 fully saturated rings. The molecule has 0 aliphatic heterocycles. The number of pyridine rings is 1. The second kappa shape index (κ2) is 10.2. The normalized spacial score (nSPS) is 11.8. The molecule has 140 valence electrons. The number of halogens is 1. The zero-order chi connectivity index (χ0) is 18.9. The molecule has 0 bridgehead atoms. The van der Waals surface area contributed by atoms with Crippen LogP contribution in [0.4, 0.5) is 0 Å². The molecule has 2 rings (SSSR count). The van der Waals surface area contributed by atoms with Crippen LogP contribution in [0.5, 0.6) is 11.5 Å². The number of carboxylic acids is 1. The van der Waals surface area contributed by atoms with Crippen LogP contribution in [0.15, 0.2) is 41.0 Å². The summed E-state index contributed by atoms with van der Waals surface area (Å²) in [5, 5.41) is 8.78. The molecule has 1 heterocycles. The number of benzene rings is 1. The average molecular weight is 422 g/mol. The minimum atomic E-state index is -0.993. The lowest BCUT2D eigenvalue weighted by Crippen LogP contribution is -2.12. The predicted octanol–water partition coefficient (Wildman–Crippen LogP) is 5.18. The first kappa shape index (κ1) is 20.2. The fraction of sp³-hybridized carbons (Fsp3) is 0.400. The Kier molecular flexibility index (Phi) is 7.91. The van der Waals surface area contributed by atoms with Gasteiger partial charge in [-0.25, -0.2) is 9.78 Å². The minimum absolute atomic E-state index is 0.136. The lowest BCUT2D eigenvalue weighted by molar-refractivity contribution is -0.139. The van der Waals surface area contributed by atoms with Crippen LogP contribution < -0.4 is 9.47 Å². The quantitative estimate of drug-likeness (QED) is 0.535. The molecule has 1 aromatic carbocycles. The Bertz CT molecular complexity index is 736. The lowest BCUT2D eigenvalue weighted by atomic mass is 10.1. The summed E-state index contributed by atoms with van der Waals surface area (Å²) in [5.74, 6) is 0.313. The number of nitrogens with zero attached hydrogens (tertiary/aromatic N) is 1. The number of aliphatic carboxylic acids is 1. The summed E-state index contributed by atoms with van der Waals surface area (Å²) in [6.45, 7) is 3.79. The molecule has 1 atom stereocenters. The summed E-state index contributed by atoms with van der Waals surface area (Å²) in [4.78, 5) is 15.2. The minimum Gasteiger partial charge on any atom is -0.484 e. The Hall–Kier alpha value is -2.08. The van der Waals surface area contributed by atoms with Crippen molar-refractivity contribution in [3.8, 4) is 11.5 Å². The van der Waals surface area contributed by atoms with E-state index in [1.54, 1.807) is 6.07 Å². The van der Waals surface area contributed by atoms with Crippen LogP contribution in [0.25, 0.3) is 0 Å². The number of hydrogen-bond donors (Lipinski definition) is 1. The van der Waals surface area contributed by atoms with E-state index < -0.39 is 5.97 Å². The molecule has 0 radical (unpaired) electrons. The van der Waals surface area contributed by atoms with Crippen LogP contribution >= 0.6 is 15.9 Å². The van der Waals surface area contributed by atoms with Gasteiger partial charge in [-0.1, -0.05) is 26.3 Å². The molecule has 0 aliphatic rings. The van der Waals surface area contributed by atoms with Crippen molar-refractivity contribution in [3.05, 3.63) is 52.3 Å². The van der Waals surface area contributed by atoms with E-state index in [4.69, 9.17) is 14.6 Å². The first-order valence-corrected chi connectivity index (χ1v) is 9.59. The van der Waals surface area contributed by atoms with Crippen molar-refractivity contribution in [1.29, 1.82) is 0 Å². The number of rotatable bonds is 10. The third kappa shape index (κ3) is 6.02. The van der Waals surface area contributed by atoms with Crippen LogP contribution in [-0.2, 0) is 11.2 Å². The summed E-state index contributed by atoms with van der Waals surface area (Å²) in [6.07, 6.45) is 3.58. The van der Waals surface area contributed by atoms with E-state index in [2.05, 4.69) is 27.8 Å². The first-order chi connectivity index (χ1) is 12.5.